The van der Waals surface area contributed by atoms with Crippen molar-refractivity contribution in [1.82, 2.24) is 0 Å². The highest BCUT2D eigenvalue weighted by molar-refractivity contribution is 4.65. The fourth-order valence-corrected chi connectivity index (χ4v) is 6.06. The Hall–Kier alpha value is 0. The van der Waals surface area contributed by atoms with Gasteiger partial charge in [0.25, 0.3) is 0 Å². The van der Waals surface area contributed by atoms with Gasteiger partial charge in [-0.25, -0.2) is 0 Å². The van der Waals surface area contributed by atoms with E-state index < -0.39 is 0 Å². The van der Waals surface area contributed by atoms with Gasteiger partial charge in [0.1, 0.15) is 0 Å². The van der Waals surface area contributed by atoms with Gasteiger partial charge in [0.2, 0.25) is 0 Å². The molecular formula is C77H176. The fourth-order valence-electron chi connectivity index (χ4n) is 6.06. The molecule has 0 rings (SSSR count). The summed E-state index contributed by atoms with van der Waals surface area (Å²) in [7, 11) is 0. The third kappa shape index (κ3) is 128. The predicted molar refractivity (Wildman–Crippen MR) is 378 cm³/mol. The molecule has 0 heterocycles. The van der Waals surface area contributed by atoms with Crippen molar-refractivity contribution >= 4 is 0 Å². The molecule has 0 aliphatic carbocycles. The van der Waals surface area contributed by atoms with Crippen LogP contribution in [0, 0.1) is 86.3 Å². The van der Waals surface area contributed by atoms with Crippen molar-refractivity contribution in [3.8, 4) is 0 Å². The first-order valence-electron chi connectivity index (χ1n) is 34.7. The maximum absolute atomic E-state index is 2.31. The highest BCUT2D eigenvalue weighted by Crippen LogP contribution is 2.25. The largest absolute Gasteiger partial charge is 0.0654 e. The number of unbranched alkanes of at least 4 members (excludes halogenated alkanes) is 1. The van der Waals surface area contributed by atoms with Crippen molar-refractivity contribution in [2.45, 2.75) is 419 Å². The van der Waals surface area contributed by atoms with E-state index in [1.807, 2.05) is 0 Å². The molecule has 0 radical (unpaired) electrons. The Morgan fingerprint density at radius 1 is 0.299 bits per heavy atom. The van der Waals surface area contributed by atoms with E-state index in [1.165, 1.54) is 128 Å². The van der Waals surface area contributed by atoms with Crippen LogP contribution in [0.5, 0.6) is 0 Å². The number of hydrogen-bond donors (Lipinski definition) is 0. The molecule has 0 bridgehead atoms. The number of hydrogen-bond acceptors (Lipinski definition) is 0. The van der Waals surface area contributed by atoms with Crippen LogP contribution in [0.2, 0.25) is 0 Å². The lowest BCUT2D eigenvalue weighted by molar-refractivity contribution is 0.283. The van der Waals surface area contributed by atoms with Gasteiger partial charge in [0, 0.05) is 0 Å². The van der Waals surface area contributed by atoms with E-state index in [-0.39, 0.29) is 0 Å². The third-order valence-electron chi connectivity index (χ3n) is 16.4. The zero-order valence-electron chi connectivity index (χ0n) is 64.4. The quantitative estimate of drug-likeness (QED) is 0.107. The van der Waals surface area contributed by atoms with Gasteiger partial charge in [-0.15, -0.1) is 0 Å². The average Bonchev–Trinajstić information content (AvgIpc) is 3.31. The van der Waals surface area contributed by atoms with E-state index in [9.17, 15) is 0 Å². The second-order valence-electron chi connectivity index (χ2n) is 31.1. The Balaban J connectivity index is -0.0000000691. The van der Waals surface area contributed by atoms with E-state index in [2.05, 4.69) is 291 Å². The molecular weight excluding hydrogens is 925 g/mol. The molecule has 0 N–H and O–H groups in total. The Morgan fingerprint density at radius 3 is 0.597 bits per heavy atom. The maximum atomic E-state index is 2.31. The van der Waals surface area contributed by atoms with Crippen LogP contribution in [0.25, 0.3) is 0 Å². The highest BCUT2D eigenvalue weighted by atomic mass is 14.2. The monoisotopic (exact) mass is 1100 g/mol. The van der Waals surface area contributed by atoms with E-state index in [4.69, 9.17) is 0 Å². The molecule has 0 amide bonds. The molecule has 3 atom stereocenters. The van der Waals surface area contributed by atoms with E-state index >= 15 is 0 Å². The standard InChI is InChI=1S/11C7H16/c1-6(2)7(3,4)5;1-6(2)5-7(3)4;2*1-5-6-7(2,3)4;2*1-5-7(3,4)6-2;2*1-5-7(4)6(2)3;1-4-5-6-7(2)3;1-4-6-7(3)5-2;1-4-7(5-2)6-3/h6H,1-5H3;6-7H,5H2,1-4H3;4*5-6H2,1-4H3;2*6-7H,5H2,1-4H3;3*7H,4-6H2,1-3H3/t;;;;;;7-;;;;/m......0..../s1. The minimum absolute atomic E-state index is 0.500. The van der Waals surface area contributed by atoms with Crippen molar-refractivity contribution in [3.63, 3.8) is 0 Å². The summed E-state index contributed by atoms with van der Waals surface area (Å²) in [4.78, 5) is 0. The van der Waals surface area contributed by atoms with Crippen LogP contribution >= 0.6 is 0 Å². The van der Waals surface area contributed by atoms with Gasteiger partial charge >= 0.3 is 0 Å². The second kappa shape index (κ2) is 66.8. The molecule has 0 fully saturated rings. The van der Waals surface area contributed by atoms with Gasteiger partial charge < -0.3 is 0 Å². The lowest BCUT2D eigenvalue weighted by Crippen LogP contribution is -2.12. The zero-order valence-corrected chi connectivity index (χ0v) is 64.4. The van der Waals surface area contributed by atoms with Crippen molar-refractivity contribution in [1.29, 1.82) is 0 Å². The maximum Gasteiger partial charge on any atom is -0.0359 e. The van der Waals surface area contributed by atoms with Gasteiger partial charge in [-0.05, 0) is 106 Å². The lowest BCUT2D eigenvalue weighted by Gasteiger charge is -2.22. The first-order chi connectivity index (χ1) is 34.7. The predicted octanol–water partition coefficient (Wildman–Crippen LogP) is 30.6. The van der Waals surface area contributed by atoms with Crippen molar-refractivity contribution < 1.29 is 0 Å². The van der Waals surface area contributed by atoms with Crippen molar-refractivity contribution in [3.05, 3.63) is 0 Å². The lowest BCUT2D eigenvalue weighted by atomic mass is 9.84. The molecule has 0 saturated carbocycles. The van der Waals surface area contributed by atoms with Crippen LogP contribution < -0.4 is 0 Å². The minimum Gasteiger partial charge on any atom is -0.0654 e. The first kappa shape index (κ1) is 102. The molecule has 0 aromatic heterocycles. The van der Waals surface area contributed by atoms with Gasteiger partial charge in [0.15, 0.2) is 0 Å². The summed E-state index contributed by atoms with van der Waals surface area (Å²) >= 11 is 0. The van der Waals surface area contributed by atoms with Crippen molar-refractivity contribution in [2.24, 2.45) is 86.3 Å². The third-order valence-corrected chi connectivity index (χ3v) is 16.4. The van der Waals surface area contributed by atoms with E-state index in [0.29, 0.717) is 27.1 Å². The number of rotatable bonds is 21. The summed E-state index contributed by atoms with van der Waals surface area (Å²) < 4.78 is 0. The summed E-state index contributed by atoms with van der Waals surface area (Å²) in [6.07, 6.45) is 26.8. The van der Waals surface area contributed by atoms with Crippen LogP contribution in [-0.2, 0) is 0 Å². The Bertz CT molecular complexity index is 880. The highest BCUT2D eigenvalue weighted by Gasteiger charge is 2.14. The summed E-state index contributed by atoms with van der Waals surface area (Å²) in [6.45, 7) is 95.1. The summed E-state index contributed by atoms with van der Waals surface area (Å²) in [6, 6.07) is 0. The molecule has 0 aliphatic rings. The van der Waals surface area contributed by atoms with Crippen LogP contribution in [0.15, 0.2) is 0 Å². The zero-order chi connectivity index (χ0) is 64.4. The van der Waals surface area contributed by atoms with E-state index in [1.54, 1.807) is 0 Å². The van der Waals surface area contributed by atoms with Crippen LogP contribution in [0.3, 0.4) is 0 Å². The van der Waals surface area contributed by atoms with Crippen LogP contribution in [0.1, 0.15) is 419 Å². The molecule has 0 spiro atoms. The Morgan fingerprint density at radius 2 is 0.571 bits per heavy atom. The molecule has 77 heavy (non-hydrogen) atoms. The molecule has 0 saturated heterocycles. The first-order valence-corrected chi connectivity index (χ1v) is 34.7. The topological polar surface area (TPSA) is 0 Å². The van der Waals surface area contributed by atoms with Crippen molar-refractivity contribution in [2.75, 3.05) is 0 Å². The Labute approximate surface area is 503 Å². The SMILES string of the molecule is CC(C)C(C)(C)C.CC(C)CC(C)C.CCC(C)(C)CC.CCC(C)(C)CC.CCC(C)C(C)C.CCC(CC)CC.CCCC(C)(C)C.CCCC(C)(C)C.CCCC(C)CC.CCCCC(C)C.CC[C@H](C)C(C)C. The smallest absolute Gasteiger partial charge is 0.0359 e. The molecule has 0 aromatic carbocycles. The summed E-state index contributed by atoms with van der Waals surface area (Å²) in [5.41, 5.74) is 2.77. The molecule has 0 aromatic rings. The Kier molecular flexibility index (Phi) is 88.6. The van der Waals surface area contributed by atoms with Gasteiger partial charge in [-0.3, -0.25) is 0 Å². The normalized spacial score (nSPS) is 12.4. The van der Waals surface area contributed by atoms with Gasteiger partial charge in [-0.2, -0.15) is 0 Å². The molecule has 0 nitrogen and oxygen atoms in total. The van der Waals surface area contributed by atoms with E-state index in [0.717, 1.165) is 59.2 Å². The average molecular weight is 1100 g/mol. The second-order valence-corrected chi connectivity index (χ2v) is 31.1. The van der Waals surface area contributed by atoms with Gasteiger partial charge in [-0.1, -0.05) is 400 Å². The molecule has 0 heteroatoms. The summed E-state index contributed by atoms with van der Waals surface area (Å²) in [5, 5.41) is 0. The summed E-state index contributed by atoms with van der Waals surface area (Å²) in [5.74, 6) is 8.92. The molecule has 0 aliphatic heterocycles. The molecule has 2 unspecified atom stereocenters. The van der Waals surface area contributed by atoms with Crippen LogP contribution in [-0.4, -0.2) is 0 Å². The van der Waals surface area contributed by atoms with Crippen LogP contribution in [0.4, 0.5) is 0 Å². The fraction of sp³-hybridized carbons (Fsp3) is 1.00. The minimum atomic E-state index is 0.500. The molecule has 484 valence electrons. The van der Waals surface area contributed by atoms with Gasteiger partial charge in [0.05, 0.1) is 0 Å².